The molecule has 1 aromatic rings. The lowest BCUT2D eigenvalue weighted by Crippen LogP contribution is -2.49. The van der Waals surface area contributed by atoms with Gasteiger partial charge < -0.3 is 24.6 Å². The number of amides is 3. The van der Waals surface area contributed by atoms with Crippen molar-refractivity contribution in [2.24, 2.45) is 0 Å². The second-order valence-electron chi connectivity index (χ2n) is 7.66. The van der Waals surface area contributed by atoms with Crippen molar-refractivity contribution in [3.8, 4) is 11.5 Å². The van der Waals surface area contributed by atoms with Gasteiger partial charge in [-0.3, -0.25) is 4.79 Å². The average Bonchev–Trinajstić information content (AvgIpc) is 2.95. The van der Waals surface area contributed by atoms with Gasteiger partial charge >= 0.3 is 6.03 Å². The summed E-state index contributed by atoms with van der Waals surface area (Å²) in [6.45, 7) is 10.6. The summed E-state index contributed by atoms with van der Waals surface area (Å²) in [7, 11) is 3.24. The van der Waals surface area contributed by atoms with Crippen LogP contribution in [0.4, 0.5) is 4.79 Å². The number of hydrogen-bond donors (Lipinski definition) is 1. The van der Waals surface area contributed by atoms with Crippen molar-refractivity contribution in [3.63, 3.8) is 0 Å². The minimum absolute atomic E-state index is 0.0290. The smallest absolute Gasteiger partial charge is 0.317 e. The molecular weight excluding hydrogens is 390 g/mol. The van der Waals surface area contributed by atoms with Crippen LogP contribution in [0.2, 0.25) is 0 Å². The Bertz CT molecular complexity index is 726. The van der Waals surface area contributed by atoms with E-state index in [-0.39, 0.29) is 34.6 Å². The van der Waals surface area contributed by atoms with E-state index in [2.05, 4.69) is 5.32 Å². The summed E-state index contributed by atoms with van der Waals surface area (Å²) in [5, 5.41) is 2.59. The molecule has 0 saturated carbocycles. The first-order chi connectivity index (χ1) is 13.7. The summed E-state index contributed by atoms with van der Waals surface area (Å²) in [5.74, 6) is 1.50. The molecule has 0 aliphatic carbocycles. The quantitative estimate of drug-likeness (QED) is 0.693. The van der Waals surface area contributed by atoms with Gasteiger partial charge in [-0.05, 0) is 52.8 Å². The van der Waals surface area contributed by atoms with E-state index in [1.807, 2.05) is 57.7 Å². The van der Waals surface area contributed by atoms with E-state index in [1.165, 1.54) is 0 Å². The van der Waals surface area contributed by atoms with Crippen molar-refractivity contribution in [3.05, 3.63) is 23.8 Å². The number of nitrogens with one attached hydrogen (secondary N) is 1. The van der Waals surface area contributed by atoms with Gasteiger partial charge in [0.15, 0.2) is 0 Å². The SMILES string of the molecule is COc1ccc(OC)c(C2SC(C)C(=O)N2CCN(C(=O)NC(C)C)C(C)C)c1. The standard InChI is InChI=1S/C21H33N3O4S/c1-13(2)22-21(26)23(14(3)4)10-11-24-19(25)15(5)29-20(24)17-12-16(27-6)8-9-18(17)28-7/h8-9,12-15,20H,10-11H2,1-7H3,(H,22,26). The van der Waals surface area contributed by atoms with Crippen molar-refractivity contribution >= 4 is 23.7 Å². The summed E-state index contributed by atoms with van der Waals surface area (Å²) in [4.78, 5) is 29.0. The molecule has 2 atom stereocenters. The van der Waals surface area contributed by atoms with E-state index in [1.54, 1.807) is 30.9 Å². The van der Waals surface area contributed by atoms with E-state index in [0.717, 1.165) is 5.56 Å². The summed E-state index contributed by atoms with van der Waals surface area (Å²) in [5.41, 5.74) is 0.900. The molecule has 0 aromatic heterocycles. The largest absolute Gasteiger partial charge is 0.497 e. The Morgan fingerprint density at radius 3 is 2.48 bits per heavy atom. The van der Waals surface area contributed by atoms with E-state index in [9.17, 15) is 9.59 Å². The topological polar surface area (TPSA) is 71.1 Å². The first kappa shape index (κ1) is 23.2. The van der Waals surface area contributed by atoms with Crippen LogP contribution in [0.25, 0.3) is 0 Å². The fraction of sp³-hybridized carbons (Fsp3) is 0.619. The van der Waals surface area contributed by atoms with Crippen LogP contribution in [0.15, 0.2) is 18.2 Å². The van der Waals surface area contributed by atoms with Gasteiger partial charge in [0.25, 0.3) is 0 Å². The molecule has 1 fully saturated rings. The van der Waals surface area contributed by atoms with Crippen molar-refractivity contribution in [2.45, 2.75) is 57.3 Å². The lowest BCUT2D eigenvalue weighted by atomic mass is 10.1. The lowest BCUT2D eigenvalue weighted by Gasteiger charge is -2.32. The minimum Gasteiger partial charge on any atom is -0.497 e. The molecule has 1 heterocycles. The number of carbonyl (C=O) groups excluding carboxylic acids is 2. The normalized spacial score (nSPS) is 19.1. The number of rotatable bonds is 8. The summed E-state index contributed by atoms with van der Waals surface area (Å²) >= 11 is 1.58. The molecule has 162 valence electrons. The van der Waals surface area contributed by atoms with Gasteiger partial charge in [-0.1, -0.05) is 0 Å². The van der Waals surface area contributed by atoms with Crippen LogP contribution in [-0.4, -0.2) is 66.4 Å². The van der Waals surface area contributed by atoms with Crippen molar-refractivity contribution < 1.29 is 19.1 Å². The van der Waals surface area contributed by atoms with Crippen molar-refractivity contribution in [2.75, 3.05) is 27.3 Å². The number of hydrogen-bond acceptors (Lipinski definition) is 5. The van der Waals surface area contributed by atoms with Gasteiger partial charge in [0.05, 0.1) is 19.5 Å². The molecule has 2 unspecified atom stereocenters. The van der Waals surface area contributed by atoms with Crippen LogP contribution in [0.3, 0.4) is 0 Å². The number of methoxy groups -OCH3 is 2. The molecular formula is C21H33N3O4S. The number of nitrogens with zero attached hydrogens (tertiary/aromatic N) is 2. The number of carbonyl (C=O) groups is 2. The summed E-state index contributed by atoms with van der Waals surface area (Å²) in [6, 6.07) is 5.59. The first-order valence-electron chi connectivity index (χ1n) is 9.94. The molecule has 0 radical (unpaired) electrons. The minimum atomic E-state index is -0.190. The summed E-state index contributed by atoms with van der Waals surface area (Å²) < 4.78 is 10.9. The number of urea groups is 1. The second-order valence-corrected chi connectivity index (χ2v) is 9.09. The first-order valence-corrected chi connectivity index (χ1v) is 10.9. The maximum absolute atomic E-state index is 12.9. The Hall–Kier alpha value is -2.09. The molecule has 7 nitrogen and oxygen atoms in total. The van der Waals surface area contributed by atoms with Crippen LogP contribution in [-0.2, 0) is 4.79 Å². The predicted molar refractivity (Wildman–Crippen MR) is 117 cm³/mol. The molecule has 29 heavy (non-hydrogen) atoms. The van der Waals surface area contributed by atoms with Gasteiger partial charge in [0, 0.05) is 30.7 Å². The highest BCUT2D eigenvalue weighted by Crippen LogP contribution is 2.46. The zero-order valence-corrected chi connectivity index (χ0v) is 19.2. The zero-order chi connectivity index (χ0) is 21.7. The Morgan fingerprint density at radius 2 is 1.93 bits per heavy atom. The molecule has 1 aliphatic heterocycles. The highest BCUT2D eigenvalue weighted by Gasteiger charge is 2.40. The molecule has 3 amide bonds. The average molecular weight is 424 g/mol. The second kappa shape index (κ2) is 10.1. The van der Waals surface area contributed by atoms with Crippen molar-refractivity contribution in [1.82, 2.24) is 15.1 Å². The van der Waals surface area contributed by atoms with Crippen LogP contribution in [0.1, 0.15) is 45.6 Å². The highest BCUT2D eigenvalue weighted by atomic mass is 32.2. The van der Waals surface area contributed by atoms with E-state index in [4.69, 9.17) is 9.47 Å². The van der Waals surface area contributed by atoms with Crippen LogP contribution < -0.4 is 14.8 Å². The summed E-state index contributed by atoms with van der Waals surface area (Å²) in [6.07, 6.45) is 0. The Morgan fingerprint density at radius 1 is 1.24 bits per heavy atom. The molecule has 1 aromatic carbocycles. The van der Waals surface area contributed by atoms with Gasteiger partial charge in [0.2, 0.25) is 5.91 Å². The van der Waals surface area contributed by atoms with E-state index in [0.29, 0.717) is 24.6 Å². The van der Waals surface area contributed by atoms with Crippen LogP contribution in [0, 0.1) is 0 Å². The third-order valence-corrected chi connectivity index (χ3v) is 6.20. The van der Waals surface area contributed by atoms with Gasteiger partial charge in [-0.15, -0.1) is 11.8 Å². The van der Waals surface area contributed by atoms with Gasteiger partial charge in [-0.2, -0.15) is 0 Å². The number of thioether (sulfide) groups is 1. The monoisotopic (exact) mass is 423 g/mol. The fourth-order valence-electron chi connectivity index (χ4n) is 3.31. The molecule has 1 saturated heterocycles. The maximum Gasteiger partial charge on any atom is 0.317 e. The molecule has 0 spiro atoms. The molecule has 2 rings (SSSR count). The molecule has 1 aliphatic rings. The van der Waals surface area contributed by atoms with Crippen molar-refractivity contribution in [1.29, 1.82) is 0 Å². The fourth-order valence-corrected chi connectivity index (χ4v) is 4.64. The van der Waals surface area contributed by atoms with Gasteiger partial charge in [0.1, 0.15) is 16.9 Å². The van der Waals surface area contributed by atoms with E-state index < -0.39 is 0 Å². The van der Waals surface area contributed by atoms with Crippen LogP contribution >= 0.6 is 11.8 Å². The van der Waals surface area contributed by atoms with E-state index >= 15 is 0 Å². The number of benzene rings is 1. The Labute approximate surface area is 178 Å². The maximum atomic E-state index is 12.9. The molecule has 1 N–H and O–H groups in total. The lowest BCUT2D eigenvalue weighted by molar-refractivity contribution is -0.130. The Balaban J connectivity index is 2.25. The zero-order valence-electron chi connectivity index (χ0n) is 18.4. The van der Waals surface area contributed by atoms with Crippen LogP contribution in [0.5, 0.6) is 11.5 Å². The third-order valence-electron chi connectivity index (χ3n) is 4.83. The molecule has 0 bridgehead atoms. The highest BCUT2D eigenvalue weighted by molar-refractivity contribution is 8.01. The van der Waals surface area contributed by atoms with Gasteiger partial charge in [-0.25, -0.2) is 4.79 Å². The predicted octanol–water partition coefficient (Wildman–Crippen LogP) is 3.49. The molecule has 8 heteroatoms. The third kappa shape index (κ3) is 5.50. The number of ether oxygens (including phenoxy) is 2. The Kier molecular flexibility index (Phi) is 8.07.